The fourth-order valence-electron chi connectivity index (χ4n) is 2.23. The first kappa shape index (κ1) is 19.3. The topological polar surface area (TPSA) is 65.4 Å². The lowest BCUT2D eigenvalue weighted by atomic mass is 10.2. The molecule has 1 heterocycles. The van der Waals surface area contributed by atoms with Gasteiger partial charge in [0.2, 0.25) is 0 Å². The Bertz CT molecular complexity index is 693. The zero-order valence-corrected chi connectivity index (χ0v) is 15.8. The molecule has 5 nitrogen and oxygen atoms in total. The third kappa shape index (κ3) is 5.21. The second kappa shape index (κ2) is 8.87. The van der Waals surface area contributed by atoms with E-state index < -0.39 is 5.97 Å². The quantitative estimate of drug-likeness (QED) is 0.225. The number of halogens is 1. The molecule has 0 spiro atoms. The molecule has 1 saturated carbocycles. The number of nitrogens with one attached hydrogen (secondary N) is 2. The predicted molar refractivity (Wildman–Crippen MR) is 103 cm³/mol. The first-order chi connectivity index (χ1) is 12.0. The van der Waals surface area contributed by atoms with E-state index in [0.29, 0.717) is 19.0 Å². The van der Waals surface area contributed by atoms with Crippen LogP contribution in [-0.4, -0.2) is 30.4 Å². The molecule has 1 aliphatic rings. The molecule has 134 valence electrons. The Morgan fingerprint density at radius 3 is 2.84 bits per heavy atom. The van der Waals surface area contributed by atoms with Crippen LogP contribution in [0.4, 0.5) is 0 Å². The van der Waals surface area contributed by atoms with Gasteiger partial charge in [0, 0.05) is 17.1 Å². The van der Waals surface area contributed by atoms with E-state index in [0.717, 1.165) is 23.4 Å². The number of nitrogens with zero attached hydrogens (tertiary/aromatic N) is 1. The van der Waals surface area contributed by atoms with Gasteiger partial charge in [0.1, 0.15) is 16.6 Å². The Labute approximate surface area is 157 Å². The van der Waals surface area contributed by atoms with Gasteiger partial charge in [-0.25, -0.2) is 4.79 Å². The van der Waals surface area contributed by atoms with Gasteiger partial charge in [0.15, 0.2) is 0 Å². The lowest BCUT2D eigenvalue weighted by Crippen LogP contribution is -2.33. The summed E-state index contributed by atoms with van der Waals surface area (Å²) in [5, 5.41) is 13.4. The number of amidine groups is 1. The summed E-state index contributed by atoms with van der Waals surface area (Å²) in [5.74, 6) is -0.244. The molecule has 0 atom stereocenters. The van der Waals surface area contributed by atoms with Gasteiger partial charge in [-0.2, -0.15) is 0 Å². The van der Waals surface area contributed by atoms with Crippen LogP contribution in [0.3, 0.4) is 0 Å². The minimum Gasteiger partial charge on any atom is -0.464 e. The number of thiophene rings is 1. The zero-order chi connectivity index (χ0) is 18.4. The van der Waals surface area contributed by atoms with E-state index in [1.165, 1.54) is 7.11 Å². The smallest absolute Gasteiger partial charge is 0.356 e. The van der Waals surface area contributed by atoms with E-state index >= 15 is 0 Å². The van der Waals surface area contributed by atoms with Gasteiger partial charge in [0.05, 0.1) is 13.7 Å². The van der Waals surface area contributed by atoms with Crippen LogP contribution in [0.15, 0.2) is 53.2 Å². The number of hydrogen-bond donors (Lipinski definition) is 2. The van der Waals surface area contributed by atoms with Crippen molar-refractivity contribution < 1.29 is 9.53 Å². The van der Waals surface area contributed by atoms with E-state index in [1.54, 1.807) is 22.3 Å². The van der Waals surface area contributed by atoms with Crippen molar-refractivity contribution in [1.29, 1.82) is 5.41 Å². The molecule has 1 fully saturated rings. The van der Waals surface area contributed by atoms with Gasteiger partial charge in [-0.1, -0.05) is 30.3 Å². The maximum Gasteiger partial charge on any atom is 0.356 e. The molecule has 25 heavy (non-hydrogen) atoms. The molecule has 1 aromatic heterocycles. The second-order valence-corrected chi connectivity index (χ2v) is 7.11. The monoisotopic (exact) mass is 379 g/mol. The van der Waals surface area contributed by atoms with Crippen molar-refractivity contribution >= 4 is 34.7 Å². The van der Waals surface area contributed by atoms with Crippen LogP contribution in [0.5, 0.6) is 0 Å². The molecule has 2 N–H and O–H groups in total. The van der Waals surface area contributed by atoms with Gasteiger partial charge in [-0.3, -0.25) is 5.41 Å². The van der Waals surface area contributed by atoms with E-state index in [4.69, 9.17) is 21.7 Å². The summed E-state index contributed by atoms with van der Waals surface area (Å²) in [6.45, 7) is 8.62. The van der Waals surface area contributed by atoms with Crippen LogP contribution in [0.2, 0.25) is 0 Å². The largest absolute Gasteiger partial charge is 0.464 e. The molecule has 0 radical (unpaired) electrons. The molecule has 1 aromatic rings. The van der Waals surface area contributed by atoms with Crippen molar-refractivity contribution in [1.82, 2.24) is 10.2 Å². The number of carbonyl (C=O) groups excluding carboxylic acids is 1. The summed E-state index contributed by atoms with van der Waals surface area (Å²) in [5.41, 5.74) is 0.770. The normalized spacial score (nSPS) is 14.3. The predicted octanol–water partition coefficient (Wildman–Crippen LogP) is 3.85. The summed E-state index contributed by atoms with van der Waals surface area (Å²) in [7, 11) is 1.28. The minimum atomic E-state index is -0.619. The van der Waals surface area contributed by atoms with Crippen LogP contribution in [0, 0.1) is 11.3 Å². The second-order valence-electron chi connectivity index (χ2n) is 5.70. The first-order valence-corrected chi connectivity index (χ1v) is 9.14. The molecular formula is C18H22ClN3O2S. The Kier molecular flexibility index (Phi) is 6.84. The highest BCUT2D eigenvalue weighted by molar-refractivity contribution is 7.09. The third-order valence-electron chi connectivity index (χ3n) is 3.77. The highest BCUT2D eigenvalue weighted by atomic mass is 35.5. The fourth-order valence-corrected chi connectivity index (χ4v) is 3.19. The Morgan fingerprint density at radius 2 is 2.32 bits per heavy atom. The van der Waals surface area contributed by atoms with Crippen molar-refractivity contribution in [2.24, 2.45) is 5.92 Å². The van der Waals surface area contributed by atoms with Crippen molar-refractivity contribution in [3.63, 3.8) is 0 Å². The minimum absolute atomic E-state index is 0.00653. The third-order valence-corrected chi connectivity index (χ3v) is 4.99. The molecule has 0 aliphatic heterocycles. The van der Waals surface area contributed by atoms with Crippen molar-refractivity contribution in [2.75, 3.05) is 13.7 Å². The molecule has 0 aromatic carbocycles. The standard InChI is InChI=1S/C18H22ClN3O2S/c1-4-9-22(11-14-6-5-10-25-14)17(20)15(19)16(18(23)24-3)21-12(2)13-7-8-13/h4-6,10,13,20-21H,1-2,7-9,11H2,3H3. The number of esters is 1. The molecule has 0 saturated heterocycles. The van der Waals surface area contributed by atoms with Crippen LogP contribution in [-0.2, 0) is 16.1 Å². The van der Waals surface area contributed by atoms with Crippen molar-refractivity contribution in [3.05, 3.63) is 58.1 Å². The first-order valence-electron chi connectivity index (χ1n) is 7.89. The summed E-state index contributed by atoms with van der Waals surface area (Å²) in [6, 6.07) is 3.94. The number of ether oxygens (including phenoxy) is 1. The summed E-state index contributed by atoms with van der Waals surface area (Å²) in [6.07, 6.45) is 3.77. The van der Waals surface area contributed by atoms with Gasteiger partial charge >= 0.3 is 5.97 Å². The van der Waals surface area contributed by atoms with Crippen molar-refractivity contribution in [2.45, 2.75) is 19.4 Å². The van der Waals surface area contributed by atoms with Crippen LogP contribution in [0.1, 0.15) is 17.7 Å². The molecule has 2 rings (SSSR count). The van der Waals surface area contributed by atoms with Crippen molar-refractivity contribution in [3.8, 4) is 0 Å². The molecule has 0 bridgehead atoms. The number of rotatable bonds is 9. The molecule has 1 aliphatic carbocycles. The lowest BCUT2D eigenvalue weighted by Gasteiger charge is -2.24. The van der Waals surface area contributed by atoms with E-state index in [-0.39, 0.29) is 16.6 Å². The van der Waals surface area contributed by atoms with Gasteiger partial charge in [-0.15, -0.1) is 17.9 Å². The van der Waals surface area contributed by atoms with Gasteiger partial charge in [0.25, 0.3) is 0 Å². The van der Waals surface area contributed by atoms with E-state index in [9.17, 15) is 4.79 Å². The van der Waals surface area contributed by atoms with Crippen LogP contribution in [0.25, 0.3) is 0 Å². The van der Waals surface area contributed by atoms with Crippen LogP contribution >= 0.6 is 22.9 Å². The number of carbonyl (C=O) groups is 1. The van der Waals surface area contributed by atoms with Crippen LogP contribution < -0.4 is 5.32 Å². The highest BCUT2D eigenvalue weighted by Crippen LogP contribution is 2.35. The van der Waals surface area contributed by atoms with Gasteiger partial charge < -0.3 is 15.0 Å². The average Bonchev–Trinajstić information content (AvgIpc) is 3.34. The highest BCUT2D eigenvalue weighted by Gasteiger charge is 2.28. The number of methoxy groups -OCH3 is 1. The molecular weight excluding hydrogens is 358 g/mol. The fraction of sp³-hybridized carbons (Fsp3) is 0.333. The zero-order valence-electron chi connectivity index (χ0n) is 14.2. The number of hydrogen-bond acceptors (Lipinski definition) is 5. The molecule has 7 heteroatoms. The maximum atomic E-state index is 12.1. The Morgan fingerprint density at radius 1 is 1.60 bits per heavy atom. The van der Waals surface area contributed by atoms with E-state index in [1.807, 2.05) is 17.5 Å². The lowest BCUT2D eigenvalue weighted by molar-refractivity contribution is -0.136. The van der Waals surface area contributed by atoms with Gasteiger partial charge in [-0.05, 0) is 30.2 Å². The summed E-state index contributed by atoms with van der Waals surface area (Å²) in [4.78, 5) is 15.0. The summed E-state index contributed by atoms with van der Waals surface area (Å²) >= 11 is 7.98. The molecule has 0 unspecified atom stereocenters. The SMILES string of the molecule is C=CCN(Cc1cccs1)C(=N)C(Cl)=C(NC(=C)C1CC1)C(=O)OC. The Hall–Kier alpha value is -2.05. The van der Waals surface area contributed by atoms with E-state index in [2.05, 4.69) is 18.5 Å². The molecule has 0 amide bonds. The maximum absolute atomic E-state index is 12.1. The summed E-state index contributed by atoms with van der Waals surface area (Å²) < 4.78 is 4.81. The average molecular weight is 380 g/mol. The Balaban J connectivity index is 2.24. The number of allylic oxidation sites excluding steroid dienone is 1.